The van der Waals surface area contributed by atoms with Crippen molar-refractivity contribution >= 4 is 0 Å². The van der Waals surface area contributed by atoms with E-state index in [0.717, 1.165) is 0 Å². The summed E-state index contributed by atoms with van der Waals surface area (Å²) in [4.78, 5) is 0. The molecule has 2 unspecified atom stereocenters. The Morgan fingerprint density at radius 1 is 1.36 bits per heavy atom. The highest BCUT2D eigenvalue weighted by Gasteiger charge is 2.31. The van der Waals surface area contributed by atoms with E-state index in [1.807, 2.05) is 0 Å². The summed E-state index contributed by atoms with van der Waals surface area (Å²) in [5, 5.41) is 3.11. The van der Waals surface area contributed by atoms with Gasteiger partial charge in [0.05, 0.1) is 0 Å². The second-order valence-electron chi connectivity index (χ2n) is 3.59. The summed E-state index contributed by atoms with van der Waals surface area (Å²) in [5.41, 5.74) is 0. The lowest BCUT2D eigenvalue weighted by Crippen LogP contribution is -2.26. The molecule has 0 amide bonds. The number of rotatable bonds is 2. The Bertz CT molecular complexity index is 111. The SMILES string of the molecule is CC(C)C1CC(C(F)F)CN1. The van der Waals surface area contributed by atoms with Crippen molar-refractivity contribution in [1.82, 2.24) is 5.32 Å². The first-order chi connectivity index (χ1) is 5.11. The summed E-state index contributed by atoms with van der Waals surface area (Å²) >= 11 is 0. The Labute approximate surface area is 66.2 Å². The molecule has 1 aliphatic heterocycles. The van der Waals surface area contributed by atoms with Crippen molar-refractivity contribution in [3.8, 4) is 0 Å². The third-order valence-electron chi connectivity index (χ3n) is 2.36. The maximum atomic E-state index is 12.1. The molecule has 1 aliphatic rings. The Morgan fingerprint density at radius 2 is 2.00 bits per heavy atom. The van der Waals surface area contributed by atoms with Gasteiger partial charge in [-0.1, -0.05) is 13.8 Å². The van der Waals surface area contributed by atoms with E-state index in [1.165, 1.54) is 0 Å². The molecule has 0 saturated carbocycles. The Balaban J connectivity index is 2.35. The van der Waals surface area contributed by atoms with E-state index in [4.69, 9.17) is 0 Å². The summed E-state index contributed by atoms with van der Waals surface area (Å²) in [6.07, 6.45) is -1.51. The highest BCUT2D eigenvalue weighted by molar-refractivity contribution is 4.84. The summed E-state index contributed by atoms with van der Waals surface area (Å²) in [5.74, 6) is 0.0566. The van der Waals surface area contributed by atoms with Gasteiger partial charge in [0.2, 0.25) is 6.43 Å². The van der Waals surface area contributed by atoms with Crippen LogP contribution in [0.25, 0.3) is 0 Å². The highest BCUT2D eigenvalue weighted by Crippen LogP contribution is 2.24. The molecule has 0 aliphatic carbocycles. The van der Waals surface area contributed by atoms with Crippen molar-refractivity contribution in [3.63, 3.8) is 0 Å². The number of hydrogen-bond donors (Lipinski definition) is 1. The van der Waals surface area contributed by atoms with Gasteiger partial charge in [-0.15, -0.1) is 0 Å². The molecule has 2 atom stereocenters. The van der Waals surface area contributed by atoms with Crippen molar-refractivity contribution in [2.75, 3.05) is 6.54 Å². The standard InChI is InChI=1S/C8H15F2N/c1-5(2)7-3-6(4-11-7)8(9)10/h5-8,11H,3-4H2,1-2H3. The first kappa shape index (κ1) is 8.91. The summed E-state index contributed by atoms with van der Waals surface area (Å²) in [6.45, 7) is 4.61. The van der Waals surface area contributed by atoms with Gasteiger partial charge in [0.1, 0.15) is 0 Å². The Hall–Kier alpha value is -0.180. The lowest BCUT2D eigenvalue weighted by atomic mass is 9.98. The fourth-order valence-electron chi connectivity index (χ4n) is 1.50. The molecule has 0 aromatic rings. The third kappa shape index (κ3) is 2.12. The van der Waals surface area contributed by atoms with Crippen molar-refractivity contribution in [2.45, 2.75) is 32.7 Å². The zero-order valence-corrected chi connectivity index (χ0v) is 6.98. The minimum Gasteiger partial charge on any atom is -0.313 e. The van der Waals surface area contributed by atoms with Crippen LogP contribution in [-0.4, -0.2) is 19.0 Å². The van der Waals surface area contributed by atoms with Crippen LogP contribution in [0.4, 0.5) is 8.78 Å². The molecule has 0 aromatic carbocycles. The lowest BCUT2D eigenvalue weighted by Gasteiger charge is -2.13. The van der Waals surface area contributed by atoms with Crippen molar-refractivity contribution < 1.29 is 8.78 Å². The first-order valence-corrected chi connectivity index (χ1v) is 4.12. The van der Waals surface area contributed by atoms with Crippen LogP contribution < -0.4 is 5.32 Å². The molecule has 0 aromatic heterocycles. The number of nitrogens with one attached hydrogen (secondary N) is 1. The topological polar surface area (TPSA) is 12.0 Å². The van der Waals surface area contributed by atoms with Crippen LogP contribution >= 0.6 is 0 Å². The monoisotopic (exact) mass is 163 g/mol. The summed E-state index contributed by atoms with van der Waals surface area (Å²) in [7, 11) is 0. The van der Waals surface area contributed by atoms with Crippen LogP contribution in [0.2, 0.25) is 0 Å². The van der Waals surface area contributed by atoms with E-state index in [-0.39, 0.29) is 0 Å². The summed E-state index contributed by atoms with van der Waals surface area (Å²) < 4.78 is 24.3. The molecule has 0 bridgehead atoms. The molecule has 0 radical (unpaired) electrons. The molecule has 1 saturated heterocycles. The number of hydrogen-bond acceptors (Lipinski definition) is 1. The third-order valence-corrected chi connectivity index (χ3v) is 2.36. The smallest absolute Gasteiger partial charge is 0.242 e. The van der Waals surface area contributed by atoms with Gasteiger partial charge in [0.15, 0.2) is 0 Å². The fourth-order valence-corrected chi connectivity index (χ4v) is 1.50. The molecule has 11 heavy (non-hydrogen) atoms. The average Bonchev–Trinajstić information content (AvgIpc) is 2.33. The Morgan fingerprint density at radius 3 is 2.27 bits per heavy atom. The molecule has 66 valence electrons. The highest BCUT2D eigenvalue weighted by atomic mass is 19.3. The van der Waals surface area contributed by atoms with Gasteiger partial charge in [0.25, 0.3) is 0 Å². The lowest BCUT2D eigenvalue weighted by molar-refractivity contribution is 0.0851. The minimum absolute atomic E-state index is 0.300. The van der Waals surface area contributed by atoms with Gasteiger partial charge in [0, 0.05) is 18.5 Å². The van der Waals surface area contributed by atoms with Crippen molar-refractivity contribution in [3.05, 3.63) is 0 Å². The van der Waals surface area contributed by atoms with Crippen LogP contribution in [0.3, 0.4) is 0 Å². The normalized spacial score (nSPS) is 32.2. The van der Waals surface area contributed by atoms with Gasteiger partial charge in [-0.25, -0.2) is 8.78 Å². The Kier molecular flexibility index (Phi) is 2.82. The molecule has 1 nitrogen and oxygen atoms in total. The van der Waals surface area contributed by atoms with Crippen LogP contribution in [0, 0.1) is 11.8 Å². The predicted molar refractivity (Wildman–Crippen MR) is 40.7 cm³/mol. The van der Waals surface area contributed by atoms with E-state index >= 15 is 0 Å². The van der Waals surface area contributed by atoms with Crippen LogP contribution in [-0.2, 0) is 0 Å². The zero-order valence-electron chi connectivity index (χ0n) is 6.98. The first-order valence-electron chi connectivity index (χ1n) is 4.12. The van der Waals surface area contributed by atoms with Crippen molar-refractivity contribution in [2.24, 2.45) is 11.8 Å². The molecule has 1 heterocycles. The average molecular weight is 163 g/mol. The van der Waals surface area contributed by atoms with Gasteiger partial charge in [-0.05, 0) is 12.3 Å². The molecule has 0 spiro atoms. The maximum Gasteiger partial charge on any atom is 0.242 e. The van der Waals surface area contributed by atoms with E-state index < -0.39 is 12.3 Å². The molecular formula is C8H15F2N. The van der Waals surface area contributed by atoms with Crippen LogP contribution in [0.15, 0.2) is 0 Å². The number of alkyl halides is 2. The maximum absolute atomic E-state index is 12.1. The number of halogens is 2. The fraction of sp³-hybridized carbons (Fsp3) is 1.00. The molecule has 1 fully saturated rings. The second-order valence-corrected chi connectivity index (χ2v) is 3.59. The van der Waals surface area contributed by atoms with E-state index in [1.54, 1.807) is 0 Å². The van der Waals surface area contributed by atoms with Gasteiger partial charge in [-0.2, -0.15) is 0 Å². The quantitative estimate of drug-likeness (QED) is 0.655. The predicted octanol–water partition coefficient (Wildman–Crippen LogP) is 1.89. The van der Waals surface area contributed by atoms with E-state index in [9.17, 15) is 8.78 Å². The van der Waals surface area contributed by atoms with Crippen molar-refractivity contribution in [1.29, 1.82) is 0 Å². The van der Waals surface area contributed by atoms with E-state index in [2.05, 4.69) is 19.2 Å². The second kappa shape index (κ2) is 3.48. The van der Waals surface area contributed by atoms with Gasteiger partial charge in [-0.3, -0.25) is 0 Å². The molecule has 1 rings (SSSR count). The van der Waals surface area contributed by atoms with E-state index in [0.29, 0.717) is 24.9 Å². The molecule has 3 heteroatoms. The minimum atomic E-state index is -2.15. The van der Waals surface area contributed by atoms with Crippen LogP contribution in [0.1, 0.15) is 20.3 Å². The molecular weight excluding hydrogens is 148 g/mol. The summed E-state index contributed by atoms with van der Waals surface area (Å²) in [6, 6.07) is 0.300. The van der Waals surface area contributed by atoms with Gasteiger partial charge >= 0.3 is 0 Å². The van der Waals surface area contributed by atoms with Crippen LogP contribution in [0.5, 0.6) is 0 Å². The molecule has 1 N–H and O–H groups in total. The zero-order chi connectivity index (χ0) is 8.43. The van der Waals surface area contributed by atoms with Gasteiger partial charge < -0.3 is 5.32 Å². The largest absolute Gasteiger partial charge is 0.313 e.